The van der Waals surface area contributed by atoms with Crippen molar-refractivity contribution in [2.45, 2.75) is 64.5 Å². The first-order valence-electron chi connectivity index (χ1n) is 7.51. The summed E-state index contributed by atoms with van der Waals surface area (Å²) in [6, 6.07) is 0.438. The molecule has 114 valence electrons. The first-order chi connectivity index (χ1) is 9.47. The van der Waals surface area contributed by atoms with Crippen LogP contribution < -0.4 is 5.32 Å². The molecule has 1 aromatic rings. The Morgan fingerprint density at radius 1 is 1.30 bits per heavy atom. The van der Waals surface area contributed by atoms with Gasteiger partial charge in [-0.25, -0.2) is 0 Å². The summed E-state index contributed by atoms with van der Waals surface area (Å²) < 4.78 is 11.1. The maximum atomic E-state index is 5.55. The molecule has 20 heavy (non-hydrogen) atoms. The molecule has 1 saturated carbocycles. The summed E-state index contributed by atoms with van der Waals surface area (Å²) in [5.74, 6) is 1.74. The number of ether oxygens (including phenoxy) is 1. The lowest BCUT2D eigenvalue weighted by Gasteiger charge is -2.28. The van der Waals surface area contributed by atoms with Crippen LogP contribution >= 0.6 is 0 Å². The molecule has 0 aliphatic heterocycles. The van der Waals surface area contributed by atoms with Gasteiger partial charge < -0.3 is 14.6 Å². The van der Waals surface area contributed by atoms with Gasteiger partial charge >= 0.3 is 0 Å². The molecule has 0 aromatic carbocycles. The van der Waals surface area contributed by atoms with E-state index in [9.17, 15) is 0 Å². The standard InChI is InChI=1S/C15H27N3O2/c1-15(2,3)12(19-5)13-17-14(20-18-13)10-8-6-7-9-11(10)16-4/h10-12,16H,6-9H2,1-5H3. The van der Waals surface area contributed by atoms with Gasteiger partial charge in [0.1, 0.15) is 6.10 Å². The number of hydrogen-bond donors (Lipinski definition) is 1. The van der Waals surface area contributed by atoms with Gasteiger partial charge in [-0.3, -0.25) is 0 Å². The zero-order valence-electron chi connectivity index (χ0n) is 13.3. The van der Waals surface area contributed by atoms with Crippen LogP contribution in [0.4, 0.5) is 0 Å². The third-order valence-electron chi connectivity index (χ3n) is 4.17. The largest absolute Gasteiger partial charge is 0.373 e. The Labute approximate surface area is 121 Å². The van der Waals surface area contributed by atoms with Crippen molar-refractivity contribution in [3.8, 4) is 0 Å². The predicted molar refractivity (Wildman–Crippen MR) is 77.6 cm³/mol. The Bertz CT molecular complexity index is 425. The van der Waals surface area contributed by atoms with E-state index < -0.39 is 0 Å². The summed E-state index contributed by atoms with van der Waals surface area (Å²) in [6.07, 6.45) is 4.64. The van der Waals surface area contributed by atoms with E-state index in [0.29, 0.717) is 17.8 Å². The topological polar surface area (TPSA) is 60.2 Å². The van der Waals surface area contributed by atoms with Gasteiger partial charge in [-0.05, 0) is 25.3 Å². The van der Waals surface area contributed by atoms with Crippen LogP contribution in [0.15, 0.2) is 4.52 Å². The number of likely N-dealkylation sites (N-methyl/N-ethyl adjacent to an activating group) is 1. The molecule has 5 nitrogen and oxygen atoms in total. The highest BCUT2D eigenvalue weighted by molar-refractivity contribution is 5.04. The molecule has 0 saturated heterocycles. The highest BCUT2D eigenvalue weighted by atomic mass is 16.5. The third kappa shape index (κ3) is 3.20. The van der Waals surface area contributed by atoms with Crippen LogP contribution in [0.1, 0.15) is 70.2 Å². The summed E-state index contributed by atoms with van der Waals surface area (Å²) in [6.45, 7) is 6.36. The van der Waals surface area contributed by atoms with Gasteiger partial charge in [0.05, 0.1) is 5.92 Å². The van der Waals surface area contributed by atoms with Crippen molar-refractivity contribution in [2.24, 2.45) is 5.41 Å². The molecule has 0 spiro atoms. The van der Waals surface area contributed by atoms with E-state index in [-0.39, 0.29) is 11.5 Å². The third-order valence-corrected chi connectivity index (χ3v) is 4.17. The van der Waals surface area contributed by atoms with Gasteiger partial charge in [-0.2, -0.15) is 4.98 Å². The second kappa shape index (κ2) is 6.22. The molecule has 1 fully saturated rings. The van der Waals surface area contributed by atoms with Crippen molar-refractivity contribution in [2.75, 3.05) is 14.2 Å². The van der Waals surface area contributed by atoms with Gasteiger partial charge in [-0.1, -0.05) is 38.8 Å². The van der Waals surface area contributed by atoms with Crippen LogP contribution in [0.5, 0.6) is 0 Å². The number of aromatic nitrogens is 2. The Balaban J connectivity index is 2.19. The molecule has 3 unspecified atom stereocenters. The van der Waals surface area contributed by atoms with Gasteiger partial charge in [0.2, 0.25) is 11.7 Å². The number of methoxy groups -OCH3 is 1. The van der Waals surface area contributed by atoms with E-state index in [4.69, 9.17) is 9.26 Å². The Morgan fingerprint density at radius 2 is 2.00 bits per heavy atom. The fourth-order valence-corrected chi connectivity index (χ4v) is 3.12. The van der Waals surface area contributed by atoms with Crippen molar-refractivity contribution in [1.29, 1.82) is 0 Å². The molecular formula is C15H27N3O2. The second-order valence-corrected chi connectivity index (χ2v) is 6.76. The predicted octanol–water partition coefficient (Wildman–Crippen LogP) is 3.05. The highest BCUT2D eigenvalue weighted by Crippen LogP contribution is 2.36. The molecule has 0 amide bonds. The molecule has 1 N–H and O–H groups in total. The van der Waals surface area contributed by atoms with Crippen molar-refractivity contribution < 1.29 is 9.26 Å². The maximum Gasteiger partial charge on any atom is 0.231 e. The second-order valence-electron chi connectivity index (χ2n) is 6.76. The average Bonchev–Trinajstić information content (AvgIpc) is 2.87. The molecule has 1 heterocycles. The molecule has 2 rings (SSSR count). The minimum absolute atomic E-state index is 0.0507. The lowest BCUT2D eigenvalue weighted by molar-refractivity contribution is 0.00718. The lowest BCUT2D eigenvalue weighted by Crippen LogP contribution is -2.34. The zero-order valence-corrected chi connectivity index (χ0v) is 13.3. The number of nitrogens with zero attached hydrogens (tertiary/aromatic N) is 2. The number of nitrogens with one attached hydrogen (secondary N) is 1. The molecule has 3 atom stereocenters. The van der Waals surface area contributed by atoms with E-state index >= 15 is 0 Å². The molecule has 5 heteroatoms. The van der Waals surface area contributed by atoms with Gasteiger partial charge in [0.15, 0.2) is 0 Å². The smallest absolute Gasteiger partial charge is 0.231 e. The molecular weight excluding hydrogens is 254 g/mol. The SMILES string of the molecule is CNC1CCCCC1c1nc(C(OC)C(C)(C)C)no1. The van der Waals surface area contributed by atoms with Crippen LogP contribution in [-0.2, 0) is 4.74 Å². The van der Waals surface area contributed by atoms with Crippen LogP contribution in [0.25, 0.3) is 0 Å². The summed E-state index contributed by atoms with van der Waals surface area (Å²) >= 11 is 0. The maximum absolute atomic E-state index is 5.55. The molecule has 0 bridgehead atoms. The van der Waals surface area contributed by atoms with Crippen LogP contribution in [0.3, 0.4) is 0 Å². The van der Waals surface area contributed by atoms with Gasteiger partial charge in [-0.15, -0.1) is 0 Å². The first-order valence-corrected chi connectivity index (χ1v) is 7.51. The fraction of sp³-hybridized carbons (Fsp3) is 0.867. The van der Waals surface area contributed by atoms with Crippen molar-refractivity contribution in [1.82, 2.24) is 15.5 Å². The van der Waals surface area contributed by atoms with Crippen molar-refractivity contribution >= 4 is 0 Å². The minimum Gasteiger partial charge on any atom is -0.373 e. The number of rotatable bonds is 4. The minimum atomic E-state index is -0.142. The average molecular weight is 281 g/mol. The van der Waals surface area contributed by atoms with Crippen LogP contribution in [0, 0.1) is 5.41 Å². The monoisotopic (exact) mass is 281 g/mol. The van der Waals surface area contributed by atoms with E-state index in [1.165, 1.54) is 19.3 Å². The number of hydrogen-bond acceptors (Lipinski definition) is 5. The molecule has 1 aliphatic carbocycles. The molecule has 0 radical (unpaired) electrons. The summed E-state index contributed by atoms with van der Waals surface area (Å²) in [5.41, 5.74) is -0.0507. The molecule has 1 aromatic heterocycles. The van der Waals surface area contributed by atoms with Crippen molar-refractivity contribution in [3.05, 3.63) is 11.7 Å². The quantitative estimate of drug-likeness (QED) is 0.919. The first kappa shape index (κ1) is 15.4. The van der Waals surface area contributed by atoms with E-state index in [1.807, 2.05) is 7.05 Å². The molecule has 1 aliphatic rings. The van der Waals surface area contributed by atoms with Crippen molar-refractivity contribution in [3.63, 3.8) is 0 Å². The Morgan fingerprint density at radius 3 is 2.60 bits per heavy atom. The van der Waals surface area contributed by atoms with E-state index in [0.717, 1.165) is 12.3 Å². The fourth-order valence-electron chi connectivity index (χ4n) is 3.12. The van der Waals surface area contributed by atoms with Crippen LogP contribution in [-0.4, -0.2) is 30.3 Å². The van der Waals surface area contributed by atoms with E-state index in [1.54, 1.807) is 7.11 Å². The summed E-state index contributed by atoms with van der Waals surface area (Å²) in [7, 11) is 3.70. The summed E-state index contributed by atoms with van der Waals surface area (Å²) in [4.78, 5) is 4.63. The van der Waals surface area contributed by atoms with Gasteiger partial charge in [0, 0.05) is 13.2 Å². The highest BCUT2D eigenvalue weighted by Gasteiger charge is 2.34. The summed E-state index contributed by atoms with van der Waals surface area (Å²) in [5, 5.41) is 7.54. The van der Waals surface area contributed by atoms with Crippen LogP contribution in [0.2, 0.25) is 0 Å². The Kier molecular flexibility index (Phi) is 4.81. The van der Waals surface area contributed by atoms with E-state index in [2.05, 4.69) is 36.2 Å². The zero-order chi connectivity index (χ0) is 14.8. The normalized spacial score (nSPS) is 25.6. The van der Waals surface area contributed by atoms with Gasteiger partial charge in [0.25, 0.3) is 0 Å². The lowest BCUT2D eigenvalue weighted by atomic mass is 9.84. The Hall–Kier alpha value is -0.940.